The minimum Gasteiger partial charge on any atom is -0.377 e. The number of nitrogens with zero attached hydrogens (tertiary/aromatic N) is 2. The van der Waals surface area contributed by atoms with Crippen molar-refractivity contribution < 1.29 is 22.3 Å². The van der Waals surface area contributed by atoms with Crippen molar-refractivity contribution in [2.75, 3.05) is 44.2 Å². The van der Waals surface area contributed by atoms with Crippen LogP contribution in [0.4, 0.5) is 10.1 Å². The molecule has 2 aliphatic heterocycles. The lowest BCUT2D eigenvalue weighted by atomic mass is 10.1. The maximum atomic E-state index is 13.1. The van der Waals surface area contributed by atoms with Crippen LogP contribution >= 0.6 is 0 Å². The van der Waals surface area contributed by atoms with Crippen LogP contribution < -0.4 is 9.62 Å². The minimum absolute atomic E-state index is 0.0794. The fraction of sp³-hybridized carbons (Fsp3) is 0.409. The number of piperazine rings is 1. The zero-order valence-electron chi connectivity index (χ0n) is 17.2. The standard InChI is InChI=1S/C22H26FN3O4S/c23-18-5-7-19(8-6-18)25-11-13-26(14-12-25)22(27)17-3-9-21(10-4-17)31(28,29)24-16-20-2-1-15-30-20/h3-10,20,24H,1-2,11-16H2. The third-order valence-electron chi connectivity index (χ3n) is 5.70. The molecule has 0 radical (unpaired) electrons. The van der Waals surface area contributed by atoms with Crippen LogP contribution in [0.5, 0.6) is 0 Å². The molecule has 0 aliphatic carbocycles. The van der Waals surface area contributed by atoms with Gasteiger partial charge in [-0.1, -0.05) is 0 Å². The third kappa shape index (κ3) is 5.23. The molecule has 0 bridgehead atoms. The average molecular weight is 448 g/mol. The lowest BCUT2D eigenvalue weighted by molar-refractivity contribution is 0.0746. The zero-order chi connectivity index (χ0) is 21.8. The van der Waals surface area contributed by atoms with E-state index < -0.39 is 10.0 Å². The Hall–Kier alpha value is -2.49. The van der Waals surface area contributed by atoms with Gasteiger partial charge >= 0.3 is 0 Å². The molecule has 0 saturated carbocycles. The number of hydrogen-bond donors (Lipinski definition) is 1. The van der Waals surface area contributed by atoms with Gasteiger partial charge in [0.1, 0.15) is 5.82 Å². The summed E-state index contributed by atoms with van der Waals surface area (Å²) in [5.74, 6) is -0.403. The number of ether oxygens (including phenoxy) is 1. The number of carbonyl (C=O) groups is 1. The highest BCUT2D eigenvalue weighted by atomic mass is 32.2. The van der Waals surface area contributed by atoms with Gasteiger partial charge < -0.3 is 14.5 Å². The molecule has 1 unspecified atom stereocenters. The van der Waals surface area contributed by atoms with Crippen molar-refractivity contribution in [2.45, 2.75) is 23.8 Å². The Morgan fingerprint density at radius 3 is 2.32 bits per heavy atom. The Kier molecular flexibility index (Phi) is 6.54. The van der Waals surface area contributed by atoms with E-state index in [2.05, 4.69) is 9.62 Å². The highest BCUT2D eigenvalue weighted by molar-refractivity contribution is 7.89. The van der Waals surface area contributed by atoms with Gasteiger partial charge in [0.05, 0.1) is 11.0 Å². The number of benzene rings is 2. The predicted molar refractivity (Wildman–Crippen MR) is 115 cm³/mol. The largest absolute Gasteiger partial charge is 0.377 e. The molecular weight excluding hydrogens is 421 g/mol. The fourth-order valence-electron chi connectivity index (χ4n) is 3.87. The van der Waals surface area contributed by atoms with Crippen LogP contribution in [-0.2, 0) is 14.8 Å². The number of halogens is 1. The quantitative estimate of drug-likeness (QED) is 0.735. The second-order valence-corrected chi connectivity index (χ2v) is 9.53. The van der Waals surface area contributed by atoms with Crippen molar-refractivity contribution in [3.8, 4) is 0 Å². The van der Waals surface area contributed by atoms with E-state index in [1.807, 2.05) is 0 Å². The summed E-state index contributed by atoms with van der Waals surface area (Å²) in [6.45, 7) is 3.30. The van der Waals surface area contributed by atoms with Crippen molar-refractivity contribution in [3.05, 3.63) is 59.9 Å². The second kappa shape index (κ2) is 9.33. The van der Waals surface area contributed by atoms with Crippen LogP contribution in [0, 0.1) is 5.82 Å². The maximum absolute atomic E-state index is 13.1. The molecule has 166 valence electrons. The Morgan fingerprint density at radius 2 is 1.71 bits per heavy atom. The molecule has 4 rings (SSSR count). The average Bonchev–Trinajstić information content (AvgIpc) is 3.32. The zero-order valence-corrected chi connectivity index (χ0v) is 18.0. The number of hydrogen-bond acceptors (Lipinski definition) is 5. The summed E-state index contributed by atoms with van der Waals surface area (Å²) in [7, 11) is -3.64. The van der Waals surface area contributed by atoms with E-state index in [0.717, 1.165) is 18.5 Å². The summed E-state index contributed by atoms with van der Waals surface area (Å²) in [6, 6.07) is 12.3. The van der Waals surface area contributed by atoms with Gasteiger partial charge in [-0.05, 0) is 61.4 Å². The first-order valence-electron chi connectivity index (χ1n) is 10.4. The molecule has 31 heavy (non-hydrogen) atoms. The molecule has 0 aromatic heterocycles. The monoisotopic (exact) mass is 447 g/mol. The van der Waals surface area contributed by atoms with Crippen molar-refractivity contribution in [2.24, 2.45) is 0 Å². The Balaban J connectivity index is 1.33. The SMILES string of the molecule is O=C(c1ccc(S(=O)(=O)NCC2CCCO2)cc1)N1CCN(c2ccc(F)cc2)CC1. The Morgan fingerprint density at radius 1 is 1.03 bits per heavy atom. The van der Waals surface area contributed by atoms with Gasteiger partial charge in [-0.2, -0.15) is 0 Å². The van der Waals surface area contributed by atoms with E-state index in [-0.39, 0.29) is 29.3 Å². The normalized spacial score (nSPS) is 19.6. The van der Waals surface area contributed by atoms with Gasteiger partial charge in [0.15, 0.2) is 0 Å². The first-order chi connectivity index (χ1) is 14.9. The fourth-order valence-corrected chi connectivity index (χ4v) is 4.94. The smallest absolute Gasteiger partial charge is 0.253 e. The molecule has 0 spiro atoms. The summed E-state index contributed by atoms with van der Waals surface area (Å²) in [6.07, 6.45) is 1.72. The summed E-state index contributed by atoms with van der Waals surface area (Å²) >= 11 is 0. The summed E-state index contributed by atoms with van der Waals surface area (Å²) < 4.78 is 46.1. The van der Waals surface area contributed by atoms with E-state index in [9.17, 15) is 17.6 Å². The molecule has 2 heterocycles. The Labute approximate surface area is 181 Å². The number of sulfonamides is 1. The van der Waals surface area contributed by atoms with Gasteiger partial charge in [-0.15, -0.1) is 0 Å². The molecule has 1 atom stereocenters. The van der Waals surface area contributed by atoms with Gasteiger partial charge in [0, 0.05) is 50.6 Å². The van der Waals surface area contributed by atoms with Crippen LogP contribution in [0.3, 0.4) is 0 Å². The van der Waals surface area contributed by atoms with Crippen LogP contribution in [0.25, 0.3) is 0 Å². The van der Waals surface area contributed by atoms with E-state index in [1.165, 1.54) is 24.3 Å². The van der Waals surface area contributed by atoms with Crippen molar-refractivity contribution in [1.29, 1.82) is 0 Å². The van der Waals surface area contributed by atoms with E-state index >= 15 is 0 Å². The van der Waals surface area contributed by atoms with E-state index in [4.69, 9.17) is 4.74 Å². The van der Waals surface area contributed by atoms with Crippen LogP contribution in [0.2, 0.25) is 0 Å². The Bertz CT molecular complexity index is 998. The lowest BCUT2D eigenvalue weighted by Crippen LogP contribution is -2.48. The molecule has 2 saturated heterocycles. The summed E-state index contributed by atoms with van der Waals surface area (Å²) in [5, 5.41) is 0. The lowest BCUT2D eigenvalue weighted by Gasteiger charge is -2.36. The number of anilines is 1. The van der Waals surface area contributed by atoms with Crippen LogP contribution in [-0.4, -0.2) is 64.7 Å². The van der Waals surface area contributed by atoms with Crippen LogP contribution in [0.1, 0.15) is 23.2 Å². The number of rotatable bonds is 6. The predicted octanol–water partition coefficient (Wildman–Crippen LogP) is 2.25. The van der Waals surface area contributed by atoms with E-state index in [0.29, 0.717) is 38.3 Å². The highest BCUT2D eigenvalue weighted by Gasteiger charge is 2.24. The molecule has 1 N–H and O–H groups in total. The summed E-state index contributed by atoms with van der Waals surface area (Å²) in [5.41, 5.74) is 1.38. The van der Waals surface area contributed by atoms with Gasteiger partial charge in [0.25, 0.3) is 5.91 Å². The van der Waals surface area contributed by atoms with Crippen molar-refractivity contribution >= 4 is 21.6 Å². The number of nitrogens with one attached hydrogen (secondary N) is 1. The first kappa shape index (κ1) is 21.7. The molecule has 2 aliphatic rings. The first-order valence-corrected chi connectivity index (χ1v) is 11.9. The molecule has 2 aromatic carbocycles. The topological polar surface area (TPSA) is 78.9 Å². The maximum Gasteiger partial charge on any atom is 0.253 e. The van der Waals surface area contributed by atoms with Gasteiger partial charge in [0.2, 0.25) is 10.0 Å². The van der Waals surface area contributed by atoms with Gasteiger partial charge in [-0.3, -0.25) is 4.79 Å². The molecule has 2 aromatic rings. The van der Waals surface area contributed by atoms with E-state index in [1.54, 1.807) is 29.2 Å². The number of carbonyl (C=O) groups excluding carboxylic acids is 1. The second-order valence-electron chi connectivity index (χ2n) is 7.77. The highest BCUT2D eigenvalue weighted by Crippen LogP contribution is 2.19. The molecule has 7 nitrogen and oxygen atoms in total. The van der Waals surface area contributed by atoms with Crippen molar-refractivity contribution in [3.63, 3.8) is 0 Å². The molecule has 1 amide bonds. The number of amides is 1. The molecule has 9 heteroatoms. The third-order valence-corrected chi connectivity index (χ3v) is 7.13. The molecular formula is C22H26FN3O4S. The molecule has 2 fully saturated rings. The summed E-state index contributed by atoms with van der Waals surface area (Å²) in [4.78, 5) is 16.8. The van der Waals surface area contributed by atoms with Crippen molar-refractivity contribution in [1.82, 2.24) is 9.62 Å². The van der Waals surface area contributed by atoms with Crippen LogP contribution in [0.15, 0.2) is 53.4 Å². The van der Waals surface area contributed by atoms with Gasteiger partial charge in [-0.25, -0.2) is 17.5 Å². The minimum atomic E-state index is -3.64.